The summed E-state index contributed by atoms with van der Waals surface area (Å²) < 4.78 is 11.8. The van der Waals surface area contributed by atoms with Crippen LogP contribution in [-0.4, -0.2) is 72.5 Å². The van der Waals surface area contributed by atoms with E-state index in [1.165, 1.54) is 12.8 Å². The Morgan fingerprint density at radius 1 is 1.19 bits per heavy atom. The predicted octanol–water partition coefficient (Wildman–Crippen LogP) is 5.67. The third-order valence-corrected chi connectivity index (χ3v) is 8.55. The van der Waals surface area contributed by atoms with Gasteiger partial charge in [0.25, 0.3) is 0 Å². The molecule has 6 heteroatoms. The van der Waals surface area contributed by atoms with Crippen molar-refractivity contribution in [3.05, 3.63) is 29.3 Å². The highest BCUT2D eigenvalue weighted by Crippen LogP contribution is 2.46. The number of ether oxygens (including phenoxy) is 2. The minimum absolute atomic E-state index is 0.0759. The number of anilines is 1. The molecule has 37 heavy (non-hydrogen) atoms. The van der Waals surface area contributed by atoms with Crippen LogP contribution in [0.3, 0.4) is 0 Å². The lowest BCUT2D eigenvalue weighted by Gasteiger charge is -2.47. The molecule has 1 aromatic rings. The molecular formula is C31H52N2O4. The van der Waals surface area contributed by atoms with Crippen LogP contribution in [0.1, 0.15) is 97.0 Å². The van der Waals surface area contributed by atoms with Crippen LogP contribution in [0.2, 0.25) is 0 Å². The molecule has 2 aliphatic carbocycles. The van der Waals surface area contributed by atoms with Crippen molar-refractivity contribution in [2.24, 2.45) is 11.8 Å². The third-order valence-electron chi connectivity index (χ3n) is 8.55. The molecule has 0 saturated heterocycles. The Balaban J connectivity index is 1.61. The Bertz CT molecular complexity index is 920. The van der Waals surface area contributed by atoms with E-state index in [1.807, 2.05) is 46.8 Å². The molecule has 1 aromatic carbocycles. The van der Waals surface area contributed by atoms with Gasteiger partial charge in [-0.2, -0.15) is 0 Å². The Labute approximate surface area is 225 Å². The molecule has 6 nitrogen and oxygen atoms in total. The number of likely N-dealkylation sites (N-methyl/N-ethyl adjacent to an activating group) is 1. The Hall–Kier alpha value is -1.47. The summed E-state index contributed by atoms with van der Waals surface area (Å²) in [4.78, 5) is 15.9. The van der Waals surface area contributed by atoms with Crippen molar-refractivity contribution in [1.82, 2.24) is 4.90 Å². The first-order chi connectivity index (χ1) is 17.2. The van der Waals surface area contributed by atoms with Crippen LogP contribution in [-0.2, 0) is 14.9 Å². The largest absolute Gasteiger partial charge is 0.389 e. The van der Waals surface area contributed by atoms with Crippen molar-refractivity contribution in [2.45, 2.75) is 110 Å². The number of Topliss-reactive ketones (excluding diaryl/α,β-unsaturated/α-hetero) is 1. The quantitative estimate of drug-likeness (QED) is 0.352. The lowest BCUT2D eigenvalue weighted by atomic mass is 9.61. The summed E-state index contributed by atoms with van der Waals surface area (Å²) in [6.45, 7) is 19.2. The van der Waals surface area contributed by atoms with Gasteiger partial charge >= 0.3 is 0 Å². The van der Waals surface area contributed by atoms with Crippen molar-refractivity contribution in [2.75, 3.05) is 38.7 Å². The van der Waals surface area contributed by atoms with E-state index < -0.39 is 6.10 Å². The summed E-state index contributed by atoms with van der Waals surface area (Å²) in [7, 11) is 2.12. The number of ketones is 1. The van der Waals surface area contributed by atoms with Crippen LogP contribution < -0.4 is 5.32 Å². The fraction of sp³-hybridized carbons (Fsp3) is 0.774. The number of hydrogen-bond donors (Lipinski definition) is 2. The van der Waals surface area contributed by atoms with E-state index in [-0.39, 0.29) is 41.0 Å². The molecule has 0 radical (unpaired) electrons. The fourth-order valence-electron chi connectivity index (χ4n) is 5.53. The number of benzene rings is 1. The molecule has 0 heterocycles. The molecule has 2 unspecified atom stereocenters. The molecule has 0 amide bonds. The highest BCUT2D eigenvalue weighted by Gasteiger charge is 2.48. The first kappa shape index (κ1) is 30.1. The molecule has 0 aliphatic heterocycles. The second-order valence-corrected chi connectivity index (χ2v) is 13.3. The number of aliphatic hydroxyl groups excluding tert-OH is 1. The maximum Gasteiger partial charge on any atom is 0.180 e. The number of carbonyl (C=O) groups is 1. The van der Waals surface area contributed by atoms with E-state index in [0.717, 1.165) is 42.1 Å². The van der Waals surface area contributed by atoms with E-state index >= 15 is 0 Å². The van der Waals surface area contributed by atoms with Crippen LogP contribution in [0.5, 0.6) is 0 Å². The molecule has 2 aliphatic rings. The van der Waals surface area contributed by atoms with E-state index in [0.29, 0.717) is 13.2 Å². The van der Waals surface area contributed by atoms with E-state index in [4.69, 9.17) is 9.47 Å². The summed E-state index contributed by atoms with van der Waals surface area (Å²) in [6.07, 6.45) is 3.66. The molecule has 0 aromatic heterocycles. The van der Waals surface area contributed by atoms with E-state index in [9.17, 15) is 9.90 Å². The SMILES string of the molecule is CC[C@@]1(C)c2cc(NCC(O)COC(C)(C)CCOC(C)(C)C)ccc2C(=O)C(N(C)CC2CC2)[C@@H]1C. The number of nitrogens with one attached hydrogen (secondary N) is 1. The monoisotopic (exact) mass is 516 g/mol. The Morgan fingerprint density at radius 3 is 2.46 bits per heavy atom. The van der Waals surface area contributed by atoms with Gasteiger partial charge in [0.1, 0.15) is 0 Å². The van der Waals surface area contributed by atoms with Gasteiger partial charge in [-0.3, -0.25) is 9.69 Å². The highest BCUT2D eigenvalue weighted by molar-refractivity contribution is 6.03. The van der Waals surface area contributed by atoms with Gasteiger partial charge < -0.3 is 19.9 Å². The number of carbonyl (C=O) groups excluding carboxylic acids is 1. The molecule has 3 rings (SSSR count). The van der Waals surface area contributed by atoms with Crippen molar-refractivity contribution in [3.8, 4) is 0 Å². The number of hydrogen-bond acceptors (Lipinski definition) is 6. The molecule has 1 saturated carbocycles. The maximum absolute atomic E-state index is 13.6. The summed E-state index contributed by atoms with van der Waals surface area (Å²) in [5, 5.41) is 14.0. The average molecular weight is 517 g/mol. The topological polar surface area (TPSA) is 71.0 Å². The van der Waals surface area contributed by atoms with Gasteiger partial charge in [-0.05, 0) is 108 Å². The summed E-state index contributed by atoms with van der Waals surface area (Å²) >= 11 is 0. The molecule has 2 N–H and O–H groups in total. The summed E-state index contributed by atoms with van der Waals surface area (Å²) in [6, 6.07) is 6.01. The van der Waals surface area contributed by atoms with Gasteiger partial charge in [0.2, 0.25) is 0 Å². The second kappa shape index (κ2) is 11.7. The van der Waals surface area contributed by atoms with Crippen molar-refractivity contribution >= 4 is 11.5 Å². The molecule has 0 bridgehead atoms. The zero-order valence-electron chi connectivity index (χ0n) is 24.8. The smallest absolute Gasteiger partial charge is 0.180 e. The fourth-order valence-corrected chi connectivity index (χ4v) is 5.53. The average Bonchev–Trinajstić information content (AvgIpc) is 3.63. The second-order valence-electron chi connectivity index (χ2n) is 13.3. The first-order valence-electron chi connectivity index (χ1n) is 14.3. The van der Waals surface area contributed by atoms with Crippen LogP contribution in [0.25, 0.3) is 0 Å². The predicted molar refractivity (Wildman–Crippen MR) is 152 cm³/mol. The van der Waals surface area contributed by atoms with Gasteiger partial charge in [0, 0.05) is 30.9 Å². The van der Waals surface area contributed by atoms with E-state index in [2.05, 4.69) is 44.1 Å². The Morgan fingerprint density at radius 2 is 1.86 bits per heavy atom. The van der Waals surface area contributed by atoms with Crippen molar-refractivity contribution in [1.29, 1.82) is 0 Å². The van der Waals surface area contributed by atoms with Gasteiger partial charge in [-0.1, -0.05) is 20.8 Å². The van der Waals surface area contributed by atoms with E-state index in [1.54, 1.807) is 0 Å². The standard InChI is InChI=1S/C31H52N2O4/c1-10-31(8)21(2)27(33(9)19-22-11-12-22)28(35)25-14-13-23(17-26(25)31)32-18-24(34)20-37-30(6,7)15-16-36-29(3,4)5/h13-14,17,21-22,24,27,32,34H,10-12,15-16,18-20H2,1-9H3/t21-,24?,27?,31+/m0/s1. The number of nitrogens with zero attached hydrogens (tertiary/aromatic N) is 1. The summed E-state index contributed by atoms with van der Waals surface area (Å²) in [5.41, 5.74) is 2.27. The molecule has 4 atom stereocenters. The molecular weight excluding hydrogens is 464 g/mol. The van der Waals surface area contributed by atoms with Crippen LogP contribution in [0.4, 0.5) is 5.69 Å². The zero-order valence-corrected chi connectivity index (χ0v) is 24.8. The van der Waals surface area contributed by atoms with Crippen molar-refractivity contribution < 1.29 is 19.4 Å². The number of aliphatic hydroxyl groups is 1. The normalized spacial score (nSPS) is 25.3. The summed E-state index contributed by atoms with van der Waals surface area (Å²) in [5.74, 6) is 1.22. The van der Waals surface area contributed by atoms with Gasteiger partial charge in [-0.15, -0.1) is 0 Å². The highest BCUT2D eigenvalue weighted by atomic mass is 16.5. The lowest BCUT2D eigenvalue weighted by molar-refractivity contribution is -0.0858. The van der Waals surface area contributed by atoms with Gasteiger partial charge in [0.15, 0.2) is 5.78 Å². The van der Waals surface area contributed by atoms with Gasteiger partial charge in [0.05, 0.1) is 30.0 Å². The van der Waals surface area contributed by atoms with Gasteiger partial charge in [-0.25, -0.2) is 0 Å². The van der Waals surface area contributed by atoms with Crippen molar-refractivity contribution in [3.63, 3.8) is 0 Å². The molecule has 1 fully saturated rings. The molecule has 0 spiro atoms. The Kier molecular flexibility index (Phi) is 9.53. The molecule has 210 valence electrons. The maximum atomic E-state index is 13.6. The number of fused-ring (bicyclic) bond motifs is 1. The lowest BCUT2D eigenvalue weighted by Crippen LogP contribution is -2.54. The minimum atomic E-state index is -0.641. The zero-order chi connectivity index (χ0) is 27.6. The first-order valence-corrected chi connectivity index (χ1v) is 14.3. The minimum Gasteiger partial charge on any atom is -0.389 e. The van der Waals surface area contributed by atoms with Crippen LogP contribution in [0, 0.1) is 11.8 Å². The van der Waals surface area contributed by atoms with Crippen LogP contribution in [0.15, 0.2) is 18.2 Å². The number of rotatable bonds is 13. The van der Waals surface area contributed by atoms with Crippen LogP contribution >= 0.6 is 0 Å². The third kappa shape index (κ3) is 7.78.